The number of nitrogens with one attached hydrogen (secondary N) is 1. The van der Waals surface area contributed by atoms with Crippen LogP contribution in [0.15, 0.2) is 30.5 Å². The zero-order chi connectivity index (χ0) is 14.7. The first-order valence-electron chi connectivity index (χ1n) is 6.21. The lowest BCUT2D eigenvalue weighted by molar-refractivity contribution is 0.596. The van der Waals surface area contributed by atoms with Crippen molar-refractivity contribution in [2.24, 2.45) is 0 Å². The van der Waals surface area contributed by atoms with Crippen LogP contribution in [0.25, 0.3) is 0 Å². The van der Waals surface area contributed by atoms with E-state index >= 15 is 0 Å². The molecule has 1 aromatic heterocycles. The van der Waals surface area contributed by atoms with Gasteiger partial charge in [-0.25, -0.2) is 9.37 Å². The molecule has 0 aliphatic heterocycles. The molecule has 106 valence electrons. The first kappa shape index (κ1) is 14.5. The lowest BCUT2D eigenvalue weighted by Gasteiger charge is -2.26. The molecular weight excluding hydrogens is 279 g/mol. The molecule has 0 fully saturated rings. The third kappa shape index (κ3) is 2.99. The summed E-state index contributed by atoms with van der Waals surface area (Å²) < 4.78 is 13.9. The summed E-state index contributed by atoms with van der Waals surface area (Å²) in [5, 5.41) is 3.48. The molecule has 1 aromatic carbocycles. The first-order chi connectivity index (χ1) is 9.52. The third-order valence-corrected chi connectivity index (χ3v) is 3.47. The number of halogens is 2. The Morgan fingerprint density at radius 2 is 1.95 bits per heavy atom. The van der Waals surface area contributed by atoms with Gasteiger partial charge in [0.15, 0.2) is 11.6 Å². The van der Waals surface area contributed by atoms with E-state index in [0.717, 1.165) is 5.56 Å². The van der Waals surface area contributed by atoms with Crippen LogP contribution < -0.4 is 10.2 Å². The van der Waals surface area contributed by atoms with Crippen LogP contribution in [0.2, 0.25) is 5.02 Å². The maximum atomic E-state index is 13.9. The summed E-state index contributed by atoms with van der Waals surface area (Å²) in [5.74, 6) is 0.190. The molecule has 6 heteroatoms. The summed E-state index contributed by atoms with van der Waals surface area (Å²) in [6, 6.07) is 7.43. The van der Waals surface area contributed by atoms with Crippen molar-refractivity contribution in [2.45, 2.75) is 13.0 Å². The van der Waals surface area contributed by atoms with Crippen LogP contribution in [0.3, 0.4) is 0 Å². The van der Waals surface area contributed by atoms with Crippen molar-refractivity contribution in [3.05, 3.63) is 46.9 Å². The summed E-state index contributed by atoms with van der Waals surface area (Å²) in [6.07, 6.45) is 1.17. The summed E-state index contributed by atoms with van der Waals surface area (Å²) in [4.78, 5) is 9.76. The predicted molar refractivity (Wildman–Crippen MR) is 79.8 cm³/mol. The van der Waals surface area contributed by atoms with Gasteiger partial charge in [-0.2, -0.15) is 4.98 Å². The van der Waals surface area contributed by atoms with Crippen molar-refractivity contribution in [2.75, 3.05) is 24.3 Å². The van der Waals surface area contributed by atoms with E-state index in [2.05, 4.69) is 15.3 Å². The van der Waals surface area contributed by atoms with Crippen LogP contribution in [-0.4, -0.2) is 24.1 Å². The molecule has 1 heterocycles. The third-order valence-electron chi connectivity index (χ3n) is 3.22. The van der Waals surface area contributed by atoms with Crippen LogP contribution in [0, 0.1) is 5.82 Å². The van der Waals surface area contributed by atoms with E-state index in [-0.39, 0.29) is 11.9 Å². The molecule has 1 atom stereocenters. The number of nitrogens with zero attached hydrogens (tertiary/aromatic N) is 3. The number of hydrogen-bond donors (Lipinski definition) is 1. The smallest absolute Gasteiger partial charge is 0.224 e. The second kappa shape index (κ2) is 6.05. The van der Waals surface area contributed by atoms with Crippen molar-refractivity contribution >= 4 is 23.4 Å². The quantitative estimate of drug-likeness (QED) is 0.937. The van der Waals surface area contributed by atoms with E-state index in [4.69, 9.17) is 11.6 Å². The predicted octanol–water partition coefficient (Wildman–Crippen LogP) is 3.51. The average molecular weight is 295 g/mol. The van der Waals surface area contributed by atoms with Gasteiger partial charge in [0, 0.05) is 19.1 Å². The molecule has 0 saturated heterocycles. The van der Waals surface area contributed by atoms with Gasteiger partial charge in [0.1, 0.15) is 0 Å². The summed E-state index contributed by atoms with van der Waals surface area (Å²) >= 11 is 5.88. The molecule has 1 N–H and O–H groups in total. The van der Waals surface area contributed by atoms with Crippen LogP contribution in [0.1, 0.15) is 18.5 Å². The Hall–Kier alpha value is -1.88. The van der Waals surface area contributed by atoms with E-state index in [1.807, 2.05) is 31.2 Å². The van der Waals surface area contributed by atoms with Gasteiger partial charge in [-0.15, -0.1) is 0 Å². The Labute approximate surface area is 122 Å². The van der Waals surface area contributed by atoms with Gasteiger partial charge in [-0.1, -0.05) is 23.7 Å². The Kier molecular flexibility index (Phi) is 4.39. The molecule has 0 radical (unpaired) electrons. The molecule has 2 rings (SSSR count). The fourth-order valence-corrected chi connectivity index (χ4v) is 2.00. The zero-order valence-corrected chi connectivity index (χ0v) is 12.3. The zero-order valence-electron chi connectivity index (χ0n) is 11.6. The minimum Gasteiger partial charge on any atom is -0.357 e. The Balaban J connectivity index is 2.30. The highest BCUT2D eigenvalue weighted by molar-refractivity contribution is 6.30. The molecule has 2 aromatic rings. The Morgan fingerprint density at radius 1 is 1.30 bits per heavy atom. The molecule has 0 spiro atoms. The lowest BCUT2D eigenvalue weighted by Crippen LogP contribution is -2.24. The molecule has 20 heavy (non-hydrogen) atoms. The molecular formula is C14H16ClFN4. The van der Waals surface area contributed by atoms with Crippen molar-refractivity contribution in [3.8, 4) is 0 Å². The van der Waals surface area contributed by atoms with E-state index in [1.165, 1.54) is 6.20 Å². The van der Waals surface area contributed by atoms with E-state index < -0.39 is 5.82 Å². The van der Waals surface area contributed by atoms with Crippen molar-refractivity contribution in [1.29, 1.82) is 0 Å². The van der Waals surface area contributed by atoms with Crippen LogP contribution >= 0.6 is 11.6 Å². The van der Waals surface area contributed by atoms with Crippen molar-refractivity contribution < 1.29 is 4.39 Å². The van der Waals surface area contributed by atoms with Gasteiger partial charge in [-0.3, -0.25) is 0 Å². The topological polar surface area (TPSA) is 41.1 Å². The van der Waals surface area contributed by atoms with E-state index in [0.29, 0.717) is 11.0 Å². The monoisotopic (exact) mass is 294 g/mol. The molecule has 4 nitrogen and oxygen atoms in total. The van der Waals surface area contributed by atoms with Gasteiger partial charge in [0.2, 0.25) is 5.95 Å². The minimum atomic E-state index is -0.452. The first-order valence-corrected chi connectivity index (χ1v) is 6.59. The number of hydrogen-bond acceptors (Lipinski definition) is 4. The molecule has 0 amide bonds. The van der Waals surface area contributed by atoms with Gasteiger partial charge < -0.3 is 10.2 Å². The number of rotatable bonds is 4. The van der Waals surface area contributed by atoms with Crippen molar-refractivity contribution in [1.82, 2.24) is 9.97 Å². The van der Waals surface area contributed by atoms with Crippen LogP contribution in [-0.2, 0) is 0 Å². The van der Waals surface area contributed by atoms with Crippen LogP contribution in [0.5, 0.6) is 0 Å². The SMILES string of the molecule is CNc1ncc(F)c(N(C)C(C)c2ccc(Cl)cc2)n1. The van der Waals surface area contributed by atoms with Gasteiger partial charge in [0.05, 0.1) is 12.2 Å². The Morgan fingerprint density at radius 3 is 2.55 bits per heavy atom. The highest BCUT2D eigenvalue weighted by Crippen LogP contribution is 2.27. The standard InChI is InChI=1S/C14H16ClFN4/c1-9(10-4-6-11(15)7-5-10)20(3)13-12(16)8-18-14(17-2)19-13/h4-9H,1-3H3,(H,17,18,19). The highest BCUT2D eigenvalue weighted by atomic mass is 35.5. The summed E-state index contributed by atoms with van der Waals surface area (Å²) in [6.45, 7) is 1.98. The number of anilines is 2. The lowest BCUT2D eigenvalue weighted by atomic mass is 10.1. The van der Waals surface area contributed by atoms with Gasteiger partial charge in [-0.05, 0) is 24.6 Å². The molecule has 0 aliphatic carbocycles. The van der Waals surface area contributed by atoms with E-state index in [1.54, 1.807) is 19.0 Å². The maximum absolute atomic E-state index is 13.9. The Bertz CT molecular complexity index is 588. The summed E-state index contributed by atoms with van der Waals surface area (Å²) in [7, 11) is 3.49. The second-order valence-corrected chi connectivity index (χ2v) is 4.89. The van der Waals surface area contributed by atoms with E-state index in [9.17, 15) is 4.39 Å². The second-order valence-electron chi connectivity index (χ2n) is 4.45. The largest absolute Gasteiger partial charge is 0.357 e. The maximum Gasteiger partial charge on any atom is 0.224 e. The number of benzene rings is 1. The summed E-state index contributed by atoms with van der Waals surface area (Å²) in [5.41, 5.74) is 1.03. The number of aromatic nitrogens is 2. The van der Waals surface area contributed by atoms with Gasteiger partial charge in [0.25, 0.3) is 0 Å². The average Bonchev–Trinajstić information content (AvgIpc) is 2.47. The normalized spacial score (nSPS) is 12.1. The van der Waals surface area contributed by atoms with Gasteiger partial charge >= 0.3 is 0 Å². The fourth-order valence-electron chi connectivity index (χ4n) is 1.87. The molecule has 0 saturated carbocycles. The highest BCUT2D eigenvalue weighted by Gasteiger charge is 2.18. The molecule has 0 bridgehead atoms. The minimum absolute atomic E-state index is 0.0404. The fraction of sp³-hybridized carbons (Fsp3) is 0.286. The van der Waals surface area contributed by atoms with Crippen molar-refractivity contribution in [3.63, 3.8) is 0 Å². The van der Waals surface area contributed by atoms with Crippen LogP contribution in [0.4, 0.5) is 16.2 Å². The molecule has 0 aliphatic rings. The molecule has 1 unspecified atom stereocenters.